The van der Waals surface area contributed by atoms with Gasteiger partial charge in [-0.15, -0.1) is 0 Å². The topological polar surface area (TPSA) is 51.0 Å². The van der Waals surface area contributed by atoms with Crippen LogP contribution in [0.25, 0.3) is 5.69 Å². The molecule has 0 N–H and O–H groups in total. The van der Waals surface area contributed by atoms with Crippen LogP contribution in [-0.4, -0.2) is 38.7 Å². The van der Waals surface area contributed by atoms with Gasteiger partial charge in [0.25, 0.3) is 0 Å². The lowest BCUT2D eigenvalue weighted by molar-refractivity contribution is -0.127. The van der Waals surface area contributed by atoms with Crippen molar-refractivity contribution < 1.29 is 4.79 Å². The van der Waals surface area contributed by atoms with E-state index in [0.717, 1.165) is 43.9 Å². The minimum absolute atomic E-state index is 0.288. The first-order valence-electron chi connectivity index (χ1n) is 7.89. The van der Waals surface area contributed by atoms with E-state index < -0.39 is 0 Å². The van der Waals surface area contributed by atoms with Crippen LogP contribution >= 0.6 is 0 Å². The van der Waals surface area contributed by atoms with Gasteiger partial charge < -0.3 is 4.90 Å². The normalized spacial score (nSPS) is 14.8. The summed E-state index contributed by atoms with van der Waals surface area (Å²) in [6, 6.07) is 6.34. The molecule has 0 radical (unpaired) electrons. The molecule has 1 aliphatic heterocycles. The van der Waals surface area contributed by atoms with E-state index in [2.05, 4.69) is 42.1 Å². The van der Waals surface area contributed by atoms with E-state index >= 15 is 0 Å². The van der Waals surface area contributed by atoms with Crippen molar-refractivity contribution in [2.45, 2.75) is 39.5 Å². The summed E-state index contributed by atoms with van der Waals surface area (Å²) < 4.78 is 1.92. The molecule has 0 unspecified atom stereocenters. The number of amides is 1. The third kappa shape index (κ3) is 3.03. The molecule has 1 fully saturated rings. The Kier molecular flexibility index (Phi) is 4.22. The Hall–Kier alpha value is -2.17. The van der Waals surface area contributed by atoms with E-state index in [1.54, 1.807) is 6.33 Å². The zero-order valence-electron chi connectivity index (χ0n) is 13.2. The molecule has 0 saturated carbocycles. The smallest absolute Gasteiger partial charge is 0.222 e. The minimum Gasteiger partial charge on any atom is -0.343 e. The number of nitrogens with zero attached hydrogens (tertiary/aromatic N) is 4. The van der Waals surface area contributed by atoms with Crippen LogP contribution in [0.15, 0.2) is 24.5 Å². The number of carbonyl (C=O) groups excluding carboxylic acids is 1. The summed E-state index contributed by atoms with van der Waals surface area (Å²) in [6.07, 6.45) is 5.07. The predicted molar refractivity (Wildman–Crippen MR) is 85.0 cm³/mol. The highest BCUT2D eigenvalue weighted by Gasteiger charge is 2.19. The molecule has 3 rings (SSSR count). The molecule has 0 aliphatic carbocycles. The van der Waals surface area contributed by atoms with Crippen molar-refractivity contribution in [1.82, 2.24) is 19.7 Å². The van der Waals surface area contributed by atoms with Crippen molar-refractivity contribution in [2.75, 3.05) is 13.1 Å². The average molecular weight is 298 g/mol. The highest BCUT2D eigenvalue weighted by atomic mass is 16.2. The largest absolute Gasteiger partial charge is 0.343 e. The maximum absolute atomic E-state index is 11.6. The number of benzene rings is 1. The molecule has 1 saturated heterocycles. The Balaban J connectivity index is 1.68. The number of hydrogen-bond acceptors (Lipinski definition) is 3. The van der Waals surface area contributed by atoms with E-state index in [9.17, 15) is 4.79 Å². The number of aryl methyl sites for hydroxylation is 3. The average Bonchev–Trinajstić information content (AvgIpc) is 3.09. The van der Waals surface area contributed by atoms with Gasteiger partial charge in [-0.3, -0.25) is 4.79 Å². The first-order valence-corrected chi connectivity index (χ1v) is 7.89. The van der Waals surface area contributed by atoms with E-state index in [0.29, 0.717) is 6.42 Å². The van der Waals surface area contributed by atoms with Gasteiger partial charge in [0, 0.05) is 25.9 Å². The fourth-order valence-corrected chi connectivity index (χ4v) is 3.05. The second-order valence-electron chi connectivity index (χ2n) is 5.97. The van der Waals surface area contributed by atoms with Gasteiger partial charge in [-0.05, 0) is 38.3 Å². The lowest BCUT2D eigenvalue weighted by Gasteiger charge is -2.15. The lowest BCUT2D eigenvalue weighted by atomic mass is 10.1. The zero-order valence-corrected chi connectivity index (χ0v) is 13.2. The summed E-state index contributed by atoms with van der Waals surface area (Å²) >= 11 is 0. The first kappa shape index (κ1) is 14.8. The molecule has 22 heavy (non-hydrogen) atoms. The van der Waals surface area contributed by atoms with Gasteiger partial charge in [0.15, 0.2) is 0 Å². The van der Waals surface area contributed by atoms with Crippen LogP contribution in [0, 0.1) is 13.8 Å². The van der Waals surface area contributed by atoms with Gasteiger partial charge in [-0.1, -0.05) is 17.7 Å². The standard InChI is InChI=1S/C17H22N4O/c1-13-7-8-15(14(2)11-13)21-16(18-12-19-21)5-3-9-20-10-4-6-17(20)22/h7-8,11-12H,3-6,9-10H2,1-2H3. The second kappa shape index (κ2) is 6.30. The van der Waals surface area contributed by atoms with Crippen LogP contribution in [0.4, 0.5) is 0 Å². The van der Waals surface area contributed by atoms with Crippen molar-refractivity contribution >= 4 is 5.91 Å². The van der Waals surface area contributed by atoms with E-state index in [1.165, 1.54) is 11.1 Å². The van der Waals surface area contributed by atoms with Crippen molar-refractivity contribution in [2.24, 2.45) is 0 Å². The summed E-state index contributed by atoms with van der Waals surface area (Å²) in [5.74, 6) is 1.24. The highest BCUT2D eigenvalue weighted by molar-refractivity contribution is 5.77. The van der Waals surface area contributed by atoms with Gasteiger partial charge in [0.05, 0.1) is 5.69 Å². The van der Waals surface area contributed by atoms with Gasteiger partial charge in [-0.2, -0.15) is 5.10 Å². The molecule has 5 nitrogen and oxygen atoms in total. The molecular formula is C17H22N4O. The minimum atomic E-state index is 0.288. The fraction of sp³-hybridized carbons (Fsp3) is 0.471. The lowest BCUT2D eigenvalue weighted by Crippen LogP contribution is -2.26. The first-order chi connectivity index (χ1) is 10.6. The Morgan fingerprint density at radius 1 is 1.27 bits per heavy atom. The van der Waals surface area contributed by atoms with E-state index in [1.807, 2.05) is 9.58 Å². The summed E-state index contributed by atoms with van der Waals surface area (Å²) in [7, 11) is 0. The third-order valence-corrected chi connectivity index (χ3v) is 4.20. The molecule has 0 atom stereocenters. The highest BCUT2D eigenvalue weighted by Crippen LogP contribution is 2.17. The number of rotatable bonds is 5. The number of carbonyl (C=O) groups is 1. The fourth-order valence-electron chi connectivity index (χ4n) is 3.05. The molecule has 116 valence electrons. The van der Waals surface area contributed by atoms with Crippen molar-refractivity contribution in [3.63, 3.8) is 0 Å². The van der Waals surface area contributed by atoms with Crippen molar-refractivity contribution in [3.05, 3.63) is 41.5 Å². The third-order valence-electron chi connectivity index (χ3n) is 4.20. The molecule has 1 aliphatic rings. The van der Waals surface area contributed by atoms with Gasteiger partial charge in [0.1, 0.15) is 12.2 Å². The van der Waals surface area contributed by atoms with Crippen LogP contribution in [0.2, 0.25) is 0 Å². The molecule has 1 amide bonds. The number of hydrogen-bond donors (Lipinski definition) is 0. The summed E-state index contributed by atoms with van der Waals surface area (Å²) in [5.41, 5.74) is 3.52. The summed E-state index contributed by atoms with van der Waals surface area (Å²) in [4.78, 5) is 18.0. The molecular weight excluding hydrogens is 276 g/mol. The van der Waals surface area contributed by atoms with Gasteiger partial charge in [-0.25, -0.2) is 9.67 Å². The molecule has 0 bridgehead atoms. The van der Waals surface area contributed by atoms with Gasteiger partial charge in [0.2, 0.25) is 5.91 Å². The monoisotopic (exact) mass is 298 g/mol. The Bertz CT molecular complexity index is 677. The Morgan fingerprint density at radius 2 is 2.14 bits per heavy atom. The number of aromatic nitrogens is 3. The van der Waals surface area contributed by atoms with E-state index in [4.69, 9.17) is 0 Å². The molecule has 2 heterocycles. The van der Waals surface area contributed by atoms with E-state index in [-0.39, 0.29) is 5.91 Å². The van der Waals surface area contributed by atoms with Crippen LogP contribution in [0.3, 0.4) is 0 Å². The zero-order chi connectivity index (χ0) is 15.5. The Labute approximate surface area is 131 Å². The van der Waals surface area contributed by atoms with Crippen molar-refractivity contribution in [3.8, 4) is 5.69 Å². The Morgan fingerprint density at radius 3 is 2.86 bits per heavy atom. The molecule has 2 aromatic rings. The van der Waals surface area contributed by atoms with Crippen LogP contribution < -0.4 is 0 Å². The van der Waals surface area contributed by atoms with Crippen molar-refractivity contribution in [1.29, 1.82) is 0 Å². The van der Waals surface area contributed by atoms with Crippen LogP contribution in [0.5, 0.6) is 0 Å². The summed E-state index contributed by atoms with van der Waals surface area (Å²) in [6.45, 7) is 5.91. The van der Waals surface area contributed by atoms with Gasteiger partial charge >= 0.3 is 0 Å². The molecule has 5 heteroatoms. The molecule has 1 aromatic carbocycles. The second-order valence-corrected chi connectivity index (χ2v) is 5.97. The van der Waals surface area contributed by atoms with Crippen LogP contribution in [-0.2, 0) is 11.2 Å². The predicted octanol–water partition coefficient (Wildman–Crippen LogP) is 2.44. The SMILES string of the molecule is Cc1ccc(-n2ncnc2CCCN2CCCC2=O)c(C)c1. The summed E-state index contributed by atoms with van der Waals surface area (Å²) in [5, 5.41) is 4.37. The maximum atomic E-state index is 11.6. The maximum Gasteiger partial charge on any atom is 0.222 e. The van der Waals surface area contributed by atoms with Crippen LogP contribution in [0.1, 0.15) is 36.2 Å². The molecule has 1 aromatic heterocycles. The number of likely N-dealkylation sites (tertiary alicyclic amines) is 1. The quantitative estimate of drug-likeness (QED) is 0.852. The molecule has 0 spiro atoms.